The summed E-state index contributed by atoms with van der Waals surface area (Å²) < 4.78 is 0. The Morgan fingerprint density at radius 1 is 0.872 bits per heavy atom. The monoisotopic (exact) mass is 544 g/mol. The first-order valence-corrected chi connectivity index (χ1v) is 15.4. The van der Waals surface area contributed by atoms with Crippen LogP contribution in [-0.4, -0.2) is 45.2 Å². The molecule has 0 fully saturated rings. The standard InChI is InChI=1S/C34H56O5/c1-4-5-7-16-32(36)23-22-30(21-19-28-12-8-6-9-13-28)31(25-33(37)26-35)15-11-10-14-29(18-17-27(2)3)20-24-34(38)39/h6,8-9,12-13,22-23,27,29,32-33,35-37H,4-5,7,10-11,14-21,24-26H2,1-3H3,(H,38,39). The summed E-state index contributed by atoms with van der Waals surface area (Å²) in [4.78, 5) is 11.1. The van der Waals surface area contributed by atoms with Crippen molar-refractivity contribution < 1.29 is 25.2 Å². The van der Waals surface area contributed by atoms with E-state index in [9.17, 15) is 20.1 Å². The molecule has 0 aliphatic rings. The predicted octanol–water partition coefficient (Wildman–Crippen LogP) is 7.63. The molecule has 0 saturated heterocycles. The Bertz CT molecular complexity index is 814. The predicted molar refractivity (Wildman–Crippen MR) is 162 cm³/mol. The van der Waals surface area contributed by atoms with Crippen LogP contribution in [-0.2, 0) is 11.2 Å². The van der Waals surface area contributed by atoms with E-state index in [-0.39, 0.29) is 13.0 Å². The minimum absolute atomic E-state index is 0.228. The zero-order valence-corrected chi connectivity index (χ0v) is 24.9. The summed E-state index contributed by atoms with van der Waals surface area (Å²) in [6.07, 6.45) is 15.7. The number of rotatable bonds is 23. The molecule has 0 radical (unpaired) electrons. The lowest BCUT2D eigenvalue weighted by Crippen LogP contribution is -2.14. The van der Waals surface area contributed by atoms with Crippen molar-refractivity contribution in [2.45, 2.75) is 129 Å². The third-order valence-electron chi connectivity index (χ3n) is 7.56. The van der Waals surface area contributed by atoms with Gasteiger partial charge in [0.15, 0.2) is 0 Å². The molecule has 0 heterocycles. The number of carbonyl (C=O) groups is 1. The molecule has 1 rings (SSSR count). The van der Waals surface area contributed by atoms with Gasteiger partial charge in [-0.3, -0.25) is 4.79 Å². The average Bonchev–Trinajstić information content (AvgIpc) is 2.91. The first kappa shape index (κ1) is 35.1. The highest BCUT2D eigenvalue weighted by Crippen LogP contribution is 2.27. The number of carboxylic acid groups (broad SMARTS) is 1. The molecular formula is C34H56O5. The molecule has 5 nitrogen and oxygen atoms in total. The first-order valence-electron chi connectivity index (χ1n) is 15.4. The van der Waals surface area contributed by atoms with Gasteiger partial charge in [-0.1, -0.05) is 114 Å². The van der Waals surface area contributed by atoms with Crippen molar-refractivity contribution >= 4 is 5.97 Å². The van der Waals surface area contributed by atoms with Gasteiger partial charge >= 0.3 is 5.97 Å². The summed E-state index contributed by atoms with van der Waals surface area (Å²) >= 11 is 0. The fraction of sp³-hybridized carbons (Fsp3) is 0.676. The molecular weight excluding hydrogens is 488 g/mol. The summed E-state index contributed by atoms with van der Waals surface area (Å²) in [7, 11) is 0. The number of benzene rings is 1. The van der Waals surface area contributed by atoms with Gasteiger partial charge in [0.05, 0.1) is 18.8 Å². The van der Waals surface area contributed by atoms with E-state index in [1.807, 2.05) is 24.3 Å². The van der Waals surface area contributed by atoms with Crippen molar-refractivity contribution in [3.8, 4) is 0 Å². The molecule has 0 aliphatic carbocycles. The topological polar surface area (TPSA) is 98.0 Å². The lowest BCUT2D eigenvalue weighted by molar-refractivity contribution is -0.137. The van der Waals surface area contributed by atoms with E-state index in [2.05, 4.69) is 39.0 Å². The lowest BCUT2D eigenvalue weighted by Gasteiger charge is -2.19. The molecule has 39 heavy (non-hydrogen) atoms. The third kappa shape index (κ3) is 18.1. The summed E-state index contributed by atoms with van der Waals surface area (Å²) in [5.41, 5.74) is 3.54. The summed E-state index contributed by atoms with van der Waals surface area (Å²) in [6, 6.07) is 10.3. The Hall–Kier alpha value is -1.95. The number of unbranched alkanes of at least 4 members (excludes halogenated alkanes) is 3. The van der Waals surface area contributed by atoms with Crippen LogP contribution >= 0.6 is 0 Å². The quantitative estimate of drug-likeness (QED) is 0.0838. The normalized spacial score (nSPS) is 14.9. The Labute approximate surface area is 238 Å². The first-order chi connectivity index (χ1) is 18.7. The fourth-order valence-electron chi connectivity index (χ4n) is 5.07. The van der Waals surface area contributed by atoms with Crippen LogP contribution in [0.1, 0.15) is 116 Å². The maximum absolute atomic E-state index is 11.1. The number of aryl methyl sites for hydroxylation is 1. The van der Waals surface area contributed by atoms with Crippen molar-refractivity contribution in [2.24, 2.45) is 11.8 Å². The van der Waals surface area contributed by atoms with Crippen molar-refractivity contribution in [1.29, 1.82) is 0 Å². The van der Waals surface area contributed by atoms with E-state index < -0.39 is 18.2 Å². The molecule has 0 aromatic heterocycles. The largest absolute Gasteiger partial charge is 0.481 e. The molecule has 5 heteroatoms. The van der Waals surface area contributed by atoms with Crippen molar-refractivity contribution in [3.05, 3.63) is 59.2 Å². The van der Waals surface area contributed by atoms with Crippen LogP contribution in [0.4, 0.5) is 0 Å². The number of aliphatic carboxylic acids is 1. The highest BCUT2D eigenvalue weighted by Gasteiger charge is 2.15. The van der Waals surface area contributed by atoms with Gasteiger partial charge in [0.2, 0.25) is 0 Å². The fourth-order valence-corrected chi connectivity index (χ4v) is 5.07. The van der Waals surface area contributed by atoms with Gasteiger partial charge in [-0.2, -0.15) is 0 Å². The SMILES string of the molecule is CCCCCC(O)C=CC(CCc1ccccc1)=C(CCCCC(CCC(=O)O)CCC(C)C)CC(O)CO. The molecule has 0 aliphatic heterocycles. The highest BCUT2D eigenvalue weighted by atomic mass is 16.4. The Morgan fingerprint density at radius 2 is 1.59 bits per heavy atom. The number of allylic oxidation sites excluding steroid dienone is 2. The molecule has 0 saturated carbocycles. The smallest absolute Gasteiger partial charge is 0.303 e. The number of hydrogen-bond acceptors (Lipinski definition) is 4. The maximum Gasteiger partial charge on any atom is 0.303 e. The number of aliphatic hydroxyl groups is 3. The van der Waals surface area contributed by atoms with Gasteiger partial charge in [0.1, 0.15) is 0 Å². The molecule has 222 valence electrons. The molecule has 3 unspecified atom stereocenters. The summed E-state index contributed by atoms with van der Waals surface area (Å²) in [5.74, 6) is 0.317. The molecule has 3 atom stereocenters. The van der Waals surface area contributed by atoms with Crippen molar-refractivity contribution in [3.63, 3.8) is 0 Å². The Balaban J connectivity index is 2.99. The second kappa shape index (κ2) is 21.8. The number of hydrogen-bond donors (Lipinski definition) is 4. The van der Waals surface area contributed by atoms with Crippen LogP contribution in [0.25, 0.3) is 0 Å². The minimum Gasteiger partial charge on any atom is -0.481 e. The summed E-state index contributed by atoms with van der Waals surface area (Å²) in [6.45, 7) is 6.31. The molecule has 0 bridgehead atoms. The minimum atomic E-state index is -0.802. The number of carboxylic acids is 1. The van der Waals surface area contributed by atoms with Crippen LogP contribution in [0.5, 0.6) is 0 Å². The zero-order valence-electron chi connectivity index (χ0n) is 24.9. The van der Waals surface area contributed by atoms with E-state index in [0.717, 1.165) is 94.6 Å². The Morgan fingerprint density at radius 3 is 2.23 bits per heavy atom. The van der Waals surface area contributed by atoms with Crippen LogP contribution in [0.3, 0.4) is 0 Å². The van der Waals surface area contributed by atoms with Gasteiger partial charge in [0, 0.05) is 6.42 Å². The van der Waals surface area contributed by atoms with Crippen LogP contribution in [0, 0.1) is 11.8 Å². The second-order valence-corrected chi connectivity index (χ2v) is 11.6. The Kier molecular flexibility index (Phi) is 19.6. The molecule has 4 N–H and O–H groups in total. The van der Waals surface area contributed by atoms with E-state index in [4.69, 9.17) is 5.11 Å². The van der Waals surface area contributed by atoms with Crippen LogP contribution in [0.2, 0.25) is 0 Å². The van der Waals surface area contributed by atoms with Crippen LogP contribution < -0.4 is 0 Å². The van der Waals surface area contributed by atoms with E-state index in [1.54, 1.807) is 0 Å². The highest BCUT2D eigenvalue weighted by molar-refractivity contribution is 5.66. The lowest BCUT2D eigenvalue weighted by atomic mass is 9.88. The van der Waals surface area contributed by atoms with Gasteiger partial charge in [-0.15, -0.1) is 0 Å². The number of aliphatic hydroxyl groups excluding tert-OH is 3. The average molecular weight is 545 g/mol. The van der Waals surface area contributed by atoms with E-state index >= 15 is 0 Å². The van der Waals surface area contributed by atoms with E-state index in [1.165, 1.54) is 5.56 Å². The summed E-state index contributed by atoms with van der Waals surface area (Å²) in [5, 5.41) is 39.6. The maximum atomic E-state index is 11.1. The van der Waals surface area contributed by atoms with Gasteiger partial charge in [-0.25, -0.2) is 0 Å². The second-order valence-electron chi connectivity index (χ2n) is 11.6. The van der Waals surface area contributed by atoms with Gasteiger partial charge in [-0.05, 0) is 67.9 Å². The van der Waals surface area contributed by atoms with Crippen LogP contribution in [0.15, 0.2) is 53.6 Å². The molecule has 0 amide bonds. The van der Waals surface area contributed by atoms with Gasteiger partial charge in [0.25, 0.3) is 0 Å². The third-order valence-corrected chi connectivity index (χ3v) is 7.56. The van der Waals surface area contributed by atoms with Gasteiger partial charge < -0.3 is 20.4 Å². The van der Waals surface area contributed by atoms with Crippen molar-refractivity contribution in [2.75, 3.05) is 6.61 Å². The van der Waals surface area contributed by atoms with Crippen molar-refractivity contribution in [1.82, 2.24) is 0 Å². The zero-order chi connectivity index (χ0) is 28.9. The molecule has 1 aromatic rings. The van der Waals surface area contributed by atoms with E-state index in [0.29, 0.717) is 18.3 Å². The molecule has 0 spiro atoms. The molecule has 1 aromatic carbocycles.